The van der Waals surface area contributed by atoms with Gasteiger partial charge in [-0.15, -0.1) is 0 Å². The lowest BCUT2D eigenvalue weighted by molar-refractivity contribution is -0.129. The molecule has 1 amide bonds. The van der Waals surface area contributed by atoms with Crippen LogP contribution in [0.3, 0.4) is 0 Å². The Morgan fingerprint density at radius 2 is 1.77 bits per heavy atom. The fraction of sp³-hybridized carbons (Fsp3) is 0.333. The molecule has 1 aliphatic rings. The van der Waals surface area contributed by atoms with Crippen LogP contribution in [0.4, 0.5) is 0 Å². The van der Waals surface area contributed by atoms with Crippen molar-refractivity contribution in [2.45, 2.75) is 38.0 Å². The maximum atomic E-state index is 13.8. The van der Waals surface area contributed by atoms with E-state index in [1.165, 1.54) is 0 Å². The second-order valence-corrected chi connectivity index (χ2v) is 10.3. The molecule has 0 fully saturated rings. The van der Waals surface area contributed by atoms with Gasteiger partial charge in [-0.2, -0.15) is 0 Å². The van der Waals surface area contributed by atoms with Gasteiger partial charge < -0.3 is 24.1 Å². The van der Waals surface area contributed by atoms with Crippen molar-refractivity contribution in [1.82, 2.24) is 10.9 Å². The third-order valence-corrected chi connectivity index (χ3v) is 7.22. The van der Waals surface area contributed by atoms with Crippen molar-refractivity contribution in [2.75, 3.05) is 27.4 Å². The standard InChI is InChI=1S/C30H34BrN3O6/c1-20-30(18-21-5-10-24(31)11-6-21,29(36)34-32-19-23-9-14-26(37-2)17-27(23)38-3)33-28(40-20)22-7-12-25(13-8-22)39-16-4-15-35/h5-14,17,20,32,35H,4,15-16,18-19H2,1-3H3,(H,34,36)/t20-,30-/m0/s1. The second-order valence-electron chi connectivity index (χ2n) is 9.34. The molecular weight excluding hydrogens is 578 g/mol. The first-order chi connectivity index (χ1) is 19.4. The van der Waals surface area contributed by atoms with Gasteiger partial charge in [0.2, 0.25) is 5.90 Å². The zero-order valence-corrected chi connectivity index (χ0v) is 24.4. The molecule has 0 saturated carbocycles. The highest BCUT2D eigenvalue weighted by Crippen LogP contribution is 2.33. The number of nitrogens with zero attached hydrogens (tertiary/aromatic N) is 1. The molecule has 3 aromatic rings. The molecule has 0 aromatic heterocycles. The van der Waals surface area contributed by atoms with Crippen LogP contribution in [0, 0.1) is 0 Å². The van der Waals surface area contributed by atoms with E-state index in [2.05, 4.69) is 26.8 Å². The third-order valence-electron chi connectivity index (χ3n) is 6.69. The molecule has 1 aliphatic heterocycles. The van der Waals surface area contributed by atoms with Crippen LogP contribution < -0.4 is 25.1 Å². The number of aliphatic hydroxyl groups excluding tert-OH is 1. The number of carbonyl (C=O) groups is 1. The van der Waals surface area contributed by atoms with E-state index in [9.17, 15) is 4.79 Å². The Labute approximate surface area is 242 Å². The molecule has 40 heavy (non-hydrogen) atoms. The molecule has 10 heteroatoms. The number of aliphatic imine (C=N–C) groups is 1. The summed E-state index contributed by atoms with van der Waals surface area (Å²) in [5, 5.41) is 8.96. The summed E-state index contributed by atoms with van der Waals surface area (Å²) < 4.78 is 23.5. The number of hydrogen-bond acceptors (Lipinski definition) is 8. The zero-order valence-electron chi connectivity index (χ0n) is 22.8. The molecule has 0 unspecified atom stereocenters. The SMILES string of the molecule is COc1ccc(CNNC(=O)[C@@]2(Cc3ccc(Br)cc3)N=C(c3ccc(OCCCO)cc3)O[C@H]2C)c(OC)c1. The highest BCUT2D eigenvalue weighted by atomic mass is 79.9. The third kappa shape index (κ3) is 6.93. The van der Waals surface area contributed by atoms with Gasteiger partial charge in [-0.1, -0.05) is 34.1 Å². The van der Waals surface area contributed by atoms with E-state index >= 15 is 0 Å². The summed E-state index contributed by atoms with van der Waals surface area (Å²) in [4.78, 5) is 18.7. The van der Waals surface area contributed by atoms with Crippen LogP contribution in [-0.2, 0) is 22.5 Å². The van der Waals surface area contributed by atoms with E-state index in [0.717, 1.165) is 21.2 Å². The summed E-state index contributed by atoms with van der Waals surface area (Å²) in [5.41, 5.74) is 7.21. The van der Waals surface area contributed by atoms with Crippen molar-refractivity contribution in [3.8, 4) is 17.2 Å². The summed E-state index contributed by atoms with van der Waals surface area (Å²) in [6.45, 7) is 2.69. The number of methoxy groups -OCH3 is 2. The minimum atomic E-state index is -1.21. The predicted octanol–water partition coefficient (Wildman–Crippen LogP) is 4.20. The Morgan fingerprint density at radius 3 is 2.45 bits per heavy atom. The molecule has 0 spiro atoms. The number of halogens is 1. The van der Waals surface area contributed by atoms with Gasteiger partial charge in [0.05, 0.1) is 20.8 Å². The lowest BCUT2D eigenvalue weighted by atomic mass is 9.86. The van der Waals surface area contributed by atoms with E-state index in [4.69, 9.17) is 29.0 Å². The van der Waals surface area contributed by atoms with Crippen molar-refractivity contribution < 1.29 is 28.8 Å². The number of aliphatic hydroxyl groups is 1. The van der Waals surface area contributed by atoms with Gasteiger partial charge in [0.15, 0.2) is 5.54 Å². The molecule has 0 radical (unpaired) electrons. The number of amides is 1. The summed E-state index contributed by atoms with van der Waals surface area (Å²) >= 11 is 3.47. The Balaban J connectivity index is 1.55. The fourth-order valence-electron chi connectivity index (χ4n) is 4.38. The number of ether oxygens (including phenoxy) is 4. The van der Waals surface area contributed by atoms with Crippen molar-refractivity contribution in [2.24, 2.45) is 4.99 Å². The molecule has 9 nitrogen and oxygen atoms in total. The van der Waals surface area contributed by atoms with Gasteiger partial charge in [-0.05, 0) is 55.0 Å². The van der Waals surface area contributed by atoms with Crippen LogP contribution in [0.5, 0.6) is 17.2 Å². The Hall–Kier alpha value is -3.60. The van der Waals surface area contributed by atoms with Crippen molar-refractivity contribution >= 4 is 27.7 Å². The maximum absolute atomic E-state index is 13.8. The van der Waals surface area contributed by atoms with E-state index in [1.54, 1.807) is 20.3 Å². The highest BCUT2D eigenvalue weighted by molar-refractivity contribution is 9.10. The minimum absolute atomic E-state index is 0.0750. The van der Waals surface area contributed by atoms with E-state index in [1.807, 2.05) is 67.6 Å². The first kappa shape index (κ1) is 29.4. The van der Waals surface area contributed by atoms with Crippen LogP contribution in [0.2, 0.25) is 0 Å². The van der Waals surface area contributed by atoms with Crippen molar-refractivity contribution in [3.05, 3.63) is 87.9 Å². The zero-order chi connectivity index (χ0) is 28.5. The molecule has 212 valence electrons. The summed E-state index contributed by atoms with van der Waals surface area (Å²) in [6.07, 6.45) is 0.360. The van der Waals surface area contributed by atoms with E-state index < -0.39 is 11.6 Å². The summed E-state index contributed by atoms with van der Waals surface area (Å²) in [5.74, 6) is 2.09. The Bertz CT molecular complexity index is 1320. The Morgan fingerprint density at radius 1 is 1.05 bits per heavy atom. The number of carbonyl (C=O) groups excluding carboxylic acids is 1. The number of benzene rings is 3. The smallest absolute Gasteiger partial charge is 0.266 e. The molecule has 3 N–H and O–H groups in total. The number of hydrazine groups is 1. The van der Waals surface area contributed by atoms with Crippen LogP contribution in [0.1, 0.15) is 30.0 Å². The fourth-order valence-corrected chi connectivity index (χ4v) is 4.65. The van der Waals surface area contributed by atoms with Crippen LogP contribution in [0.25, 0.3) is 0 Å². The van der Waals surface area contributed by atoms with E-state index in [-0.39, 0.29) is 12.5 Å². The highest BCUT2D eigenvalue weighted by Gasteiger charge is 2.50. The Kier molecular flexibility index (Phi) is 10.0. The maximum Gasteiger partial charge on any atom is 0.266 e. The first-order valence-corrected chi connectivity index (χ1v) is 13.8. The second kappa shape index (κ2) is 13.6. The van der Waals surface area contributed by atoms with Gasteiger partial charge in [0, 0.05) is 47.7 Å². The quantitative estimate of drug-likeness (QED) is 0.196. The molecular formula is C30H34BrN3O6. The van der Waals surface area contributed by atoms with Crippen molar-refractivity contribution in [3.63, 3.8) is 0 Å². The average molecular weight is 613 g/mol. The number of rotatable bonds is 13. The number of hydrogen-bond donors (Lipinski definition) is 3. The topological polar surface area (TPSA) is 111 Å². The minimum Gasteiger partial charge on any atom is -0.497 e. The summed E-state index contributed by atoms with van der Waals surface area (Å²) in [7, 11) is 3.18. The molecule has 1 heterocycles. The van der Waals surface area contributed by atoms with Gasteiger partial charge in [0.25, 0.3) is 5.91 Å². The molecule has 0 aliphatic carbocycles. The molecule has 4 rings (SSSR count). The van der Waals surface area contributed by atoms with Gasteiger partial charge in [-0.3, -0.25) is 10.2 Å². The van der Waals surface area contributed by atoms with Gasteiger partial charge in [-0.25, -0.2) is 10.4 Å². The van der Waals surface area contributed by atoms with Gasteiger partial charge >= 0.3 is 0 Å². The van der Waals surface area contributed by atoms with Crippen LogP contribution in [0.15, 0.2) is 76.2 Å². The molecule has 0 bridgehead atoms. The predicted molar refractivity (Wildman–Crippen MR) is 156 cm³/mol. The normalized spacial score (nSPS) is 18.0. The van der Waals surface area contributed by atoms with E-state index in [0.29, 0.717) is 49.1 Å². The lowest BCUT2D eigenvalue weighted by Gasteiger charge is -2.28. The summed E-state index contributed by atoms with van der Waals surface area (Å²) in [6, 6.07) is 20.7. The largest absolute Gasteiger partial charge is 0.497 e. The lowest BCUT2D eigenvalue weighted by Crippen LogP contribution is -2.55. The van der Waals surface area contributed by atoms with Crippen LogP contribution >= 0.6 is 15.9 Å². The first-order valence-electron chi connectivity index (χ1n) is 13.0. The number of nitrogens with one attached hydrogen (secondary N) is 2. The van der Waals surface area contributed by atoms with Gasteiger partial charge in [0.1, 0.15) is 23.4 Å². The molecule has 0 saturated heterocycles. The average Bonchev–Trinajstić information content (AvgIpc) is 3.31. The molecule has 3 aromatic carbocycles. The van der Waals surface area contributed by atoms with Crippen molar-refractivity contribution in [1.29, 1.82) is 0 Å². The monoisotopic (exact) mass is 611 g/mol. The van der Waals surface area contributed by atoms with Crippen LogP contribution in [-0.4, -0.2) is 56.0 Å². The molecule has 2 atom stereocenters.